The summed E-state index contributed by atoms with van der Waals surface area (Å²) >= 11 is 0. The van der Waals surface area contributed by atoms with Gasteiger partial charge in [0, 0.05) is 32.0 Å². The molecule has 2 amide bonds. The van der Waals surface area contributed by atoms with Gasteiger partial charge in [0.1, 0.15) is 23.0 Å². The van der Waals surface area contributed by atoms with Crippen LogP contribution in [0, 0.1) is 23.7 Å². The molecule has 4 unspecified atom stereocenters. The van der Waals surface area contributed by atoms with Crippen LogP contribution in [0.15, 0.2) is 46.2 Å². The van der Waals surface area contributed by atoms with Gasteiger partial charge in [0.05, 0.1) is 22.9 Å². The number of hydrogen-bond acceptors (Lipinski definition) is 11. The van der Waals surface area contributed by atoms with Crippen LogP contribution in [0.3, 0.4) is 0 Å². The number of ether oxygens (including phenoxy) is 2. The molecule has 54 heavy (non-hydrogen) atoms. The molecule has 14 heteroatoms. The summed E-state index contributed by atoms with van der Waals surface area (Å²) in [5, 5.41) is 5.02. The second-order valence-electron chi connectivity index (χ2n) is 16.5. The molecular weight excluding hydrogens is 717 g/mol. The van der Waals surface area contributed by atoms with Crippen LogP contribution < -0.4 is 10.6 Å². The molecule has 0 spiro atoms. The molecule has 4 rings (SSSR count). The minimum absolute atomic E-state index is 0.0355. The molecule has 0 bridgehead atoms. The maximum atomic E-state index is 13.8. The molecule has 0 saturated carbocycles. The van der Waals surface area contributed by atoms with Crippen LogP contribution in [0.25, 0.3) is 0 Å². The predicted octanol–water partition coefficient (Wildman–Crippen LogP) is 5.86. The summed E-state index contributed by atoms with van der Waals surface area (Å²) in [6.45, 7) is 17.2. The minimum Gasteiger partial charge on any atom is -0.444 e. The van der Waals surface area contributed by atoms with Crippen molar-refractivity contribution in [2.24, 2.45) is 23.7 Å². The molecule has 0 aliphatic heterocycles. The standard InChI is InChI=1S/C40H48N2O11S/c1-19(2)15-27(41-37(49)52-39(5,6)7)35(47)29-31(43)23-13-11-21(17-25(23)33(29)45)54(51)22-12-14-24-26(18-22)34(46)30(32(24)44)36(48)28(16-20(3)4)42-38(50)53-40(8,9)10/h11-14,17-20,27-30H,15-16H2,1-10H3,(H,41,49)(H,42,50)/t27-,28?,29?,30?,54?/m0/s1. The Labute approximate surface area is 317 Å². The number of alkyl carbamates (subject to hydrolysis) is 2. The van der Waals surface area contributed by atoms with Crippen molar-refractivity contribution >= 4 is 57.7 Å². The second-order valence-corrected chi connectivity index (χ2v) is 17.9. The first kappa shape index (κ1) is 41.9. The smallest absolute Gasteiger partial charge is 0.408 e. The van der Waals surface area contributed by atoms with Crippen LogP contribution >= 0.6 is 0 Å². The highest BCUT2D eigenvalue weighted by Crippen LogP contribution is 2.34. The Bertz CT molecular complexity index is 1810. The Morgan fingerprint density at radius 3 is 1.20 bits per heavy atom. The Morgan fingerprint density at radius 1 is 0.593 bits per heavy atom. The fraction of sp³-hybridized carbons (Fsp3) is 0.500. The van der Waals surface area contributed by atoms with E-state index in [1.54, 1.807) is 41.5 Å². The lowest BCUT2D eigenvalue weighted by atomic mass is 9.89. The molecule has 0 radical (unpaired) electrons. The summed E-state index contributed by atoms with van der Waals surface area (Å²) in [6, 6.07) is 5.47. The number of ketones is 6. The number of amides is 2. The predicted molar refractivity (Wildman–Crippen MR) is 197 cm³/mol. The third-order valence-electron chi connectivity index (χ3n) is 8.57. The number of hydrogen-bond donors (Lipinski definition) is 2. The lowest BCUT2D eigenvalue weighted by molar-refractivity contribution is -0.123. The topological polar surface area (TPSA) is 196 Å². The summed E-state index contributed by atoms with van der Waals surface area (Å²) < 4.78 is 24.4. The molecular formula is C40H48N2O11S. The summed E-state index contributed by atoms with van der Waals surface area (Å²) in [7, 11) is -2.04. The number of nitrogens with one attached hydrogen (secondary N) is 2. The molecule has 2 N–H and O–H groups in total. The molecule has 5 atom stereocenters. The number of fused-ring (bicyclic) bond motifs is 2. The molecule has 13 nitrogen and oxygen atoms in total. The molecule has 0 aromatic heterocycles. The van der Waals surface area contributed by atoms with Gasteiger partial charge in [-0.3, -0.25) is 28.8 Å². The second kappa shape index (κ2) is 15.9. The Hall–Kier alpha value is -4.85. The Kier molecular flexibility index (Phi) is 12.3. The average molecular weight is 765 g/mol. The van der Waals surface area contributed by atoms with Crippen molar-refractivity contribution < 1.29 is 52.0 Å². The van der Waals surface area contributed by atoms with E-state index in [0.29, 0.717) is 0 Å². The van der Waals surface area contributed by atoms with Gasteiger partial charge in [-0.15, -0.1) is 0 Å². The Balaban J connectivity index is 1.57. The molecule has 0 heterocycles. The van der Waals surface area contributed by atoms with Gasteiger partial charge in [0.2, 0.25) is 0 Å². The van der Waals surface area contributed by atoms with Gasteiger partial charge in [-0.05, 0) is 103 Å². The van der Waals surface area contributed by atoms with Gasteiger partial charge in [-0.1, -0.05) is 27.7 Å². The van der Waals surface area contributed by atoms with Crippen molar-refractivity contribution in [3.63, 3.8) is 0 Å². The number of benzene rings is 2. The molecule has 290 valence electrons. The van der Waals surface area contributed by atoms with Crippen molar-refractivity contribution in [3.05, 3.63) is 58.7 Å². The fourth-order valence-electron chi connectivity index (χ4n) is 6.37. The van der Waals surface area contributed by atoms with Crippen LogP contribution in [0.5, 0.6) is 0 Å². The summed E-state index contributed by atoms with van der Waals surface area (Å²) in [4.78, 5) is 107. The molecule has 2 aromatic rings. The minimum atomic E-state index is -2.04. The Morgan fingerprint density at radius 2 is 0.907 bits per heavy atom. The van der Waals surface area contributed by atoms with Gasteiger partial charge < -0.3 is 20.1 Å². The quantitative estimate of drug-likeness (QED) is 0.246. The largest absolute Gasteiger partial charge is 0.444 e. The average Bonchev–Trinajstić information content (AvgIpc) is 3.43. The van der Waals surface area contributed by atoms with Crippen LogP contribution in [0.2, 0.25) is 0 Å². The maximum Gasteiger partial charge on any atom is 0.408 e. The van der Waals surface area contributed by atoms with E-state index in [1.807, 2.05) is 27.7 Å². The number of carbonyl (C=O) groups excluding carboxylic acids is 8. The zero-order valence-electron chi connectivity index (χ0n) is 32.2. The summed E-state index contributed by atoms with van der Waals surface area (Å²) in [6.07, 6.45) is -1.45. The summed E-state index contributed by atoms with van der Waals surface area (Å²) in [5.74, 6) is -8.27. The van der Waals surface area contributed by atoms with Crippen LogP contribution in [0.4, 0.5) is 9.59 Å². The van der Waals surface area contributed by atoms with Crippen molar-refractivity contribution in [2.75, 3.05) is 0 Å². The highest BCUT2D eigenvalue weighted by atomic mass is 32.2. The maximum absolute atomic E-state index is 13.8. The van der Waals surface area contributed by atoms with Gasteiger partial charge in [-0.25, -0.2) is 13.8 Å². The molecule has 0 fully saturated rings. The zero-order valence-corrected chi connectivity index (χ0v) is 33.1. The van der Waals surface area contributed by atoms with E-state index in [2.05, 4.69) is 10.6 Å². The normalized spacial score (nSPS) is 18.6. The van der Waals surface area contributed by atoms with Crippen molar-refractivity contribution in [2.45, 2.75) is 115 Å². The van der Waals surface area contributed by atoms with Crippen molar-refractivity contribution in [1.29, 1.82) is 0 Å². The van der Waals surface area contributed by atoms with Gasteiger partial charge in [-0.2, -0.15) is 0 Å². The van der Waals surface area contributed by atoms with E-state index in [-0.39, 0.29) is 56.7 Å². The van der Waals surface area contributed by atoms with Crippen LogP contribution in [-0.2, 0) is 29.9 Å². The third kappa shape index (κ3) is 9.44. The van der Waals surface area contributed by atoms with Gasteiger partial charge in [0.25, 0.3) is 0 Å². The fourth-order valence-corrected chi connectivity index (χ4v) is 7.47. The first-order chi connectivity index (χ1) is 24.9. The molecule has 2 aliphatic carbocycles. The van der Waals surface area contributed by atoms with Crippen molar-refractivity contribution in [1.82, 2.24) is 10.6 Å². The van der Waals surface area contributed by atoms with E-state index in [4.69, 9.17) is 9.47 Å². The first-order valence-electron chi connectivity index (χ1n) is 17.8. The number of carbonyl (C=O) groups is 8. The SMILES string of the molecule is CC(C)CC(NC(=O)OC(C)(C)C)C(=O)C1C(=O)c2ccc(S(=O)c3ccc4c(c3)C(=O)C(C(=O)[C@H](CC(C)C)NC(=O)OC(C)(C)C)C4=O)cc2C1=O. The first-order valence-corrected chi connectivity index (χ1v) is 19.0. The van der Waals surface area contributed by atoms with E-state index in [9.17, 15) is 42.6 Å². The lowest BCUT2D eigenvalue weighted by Gasteiger charge is -2.25. The molecule has 0 saturated heterocycles. The van der Waals surface area contributed by atoms with Gasteiger partial charge in [0.15, 0.2) is 34.7 Å². The van der Waals surface area contributed by atoms with Crippen LogP contribution in [-0.4, -0.2) is 74.4 Å². The molecule has 2 aliphatic rings. The number of Topliss-reactive ketones (excluding diaryl/α,β-unsaturated/α-hetero) is 6. The highest BCUT2D eigenvalue weighted by molar-refractivity contribution is 7.85. The third-order valence-corrected chi connectivity index (χ3v) is 9.94. The molecule has 2 aromatic carbocycles. The highest BCUT2D eigenvalue weighted by Gasteiger charge is 2.48. The van der Waals surface area contributed by atoms with Crippen LogP contribution in [0.1, 0.15) is 124 Å². The zero-order chi connectivity index (χ0) is 40.6. The van der Waals surface area contributed by atoms with E-state index >= 15 is 0 Å². The van der Waals surface area contributed by atoms with E-state index in [0.717, 1.165) is 0 Å². The summed E-state index contributed by atoms with van der Waals surface area (Å²) in [5.41, 5.74) is -2.00. The lowest BCUT2D eigenvalue weighted by Crippen LogP contribution is -2.48. The number of rotatable bonds is 12. The van der Waals surface area contributed by atoms with Crippen molar-refractivity contribution in [3.8, 4) is 0 Å². The monoisotopic (exact) mass is 764 g/mol. The van der Waals surface area contributed by atoms with Gasteiger partial charge >= 0.3 is 12.2 Å². The van der Waals surface area contributed by atoms with E-state index < -0.39 is 92.8 Å². The van der Waals surface area contributed by atoms with E-state index in [1.165, 1.54) is 36.4 Å².